The van der Waals surface area contributed by atoms with Gasteiger partial charge in [-0.05, 0) is 67.4 Å². The molecule has 0 N–H and O–H groups in total. The molecule has 0 radical (unpaired) electrons. The van der Waals surface area contributed by atoms with Gasteiger partial charge in [0.25, 0.3) is 0 Å². The summed E-state index contributed by atoms with van der Waals surface area (Å²) in [5.74, 6) is 1.24. The van der Waals surface area contributed by atoms with Crippen molar-refractivity contribution in [2.45, 2.75) is 23.8 Å². The summed E-state index contributed by atoms with van der Waals surface area (Å²) in [4.78, 5) is 9.57. The monoisotopic (exact) mass is 516 g/mol. The minimum Gasteiger partial charge on any atom is -0.495 e. The molecule has 0 saturated carbocycles. The standard InChI is InChI=1S/C24H22Cl2N4O3S/c1-33-22-9-8-19(15-20(22)26)34(31,32)29-13-10-18(11-14-29)30-23(16-4-6-17(25)7-5-16)28-21-3-2-12-27-24(21)30/h2-9,12,15,18H,10-11,13-14H2,1H3. The van der Waals surface area contributed by atoms with Crippen LogP contribution in [-0.4, -0.2) is 47.5 Å². The van der Waals surface area contributed by atoms with E-state index >= 15 is 0 Å². The van der Waals surface area contributed by atoms with Crippen LogP contribution in [0.5, 0.6) is 5.75 Å². The molecule has 5 rings (SSSR count). The normalized spacial score (nSPS) is 15.6. The molecule has 1 aliphatic rings. The number of halogens is 2. The highest BCUT2D eigenvalue weighted by Gasteiger charge is 2.32. The number of nitrogens with zero attached hydrogens (tertiary/aromatic N) is 4. The van der Waals surface area contributed by atoms with Crippen LogP contribution in [-0.2, 0) is 10.0 Å². The van der Waals surface area contributed by atoms with E-state index in [-0.39, 0.29) is 16.0 Å². The topological polar surface area (TPSA) is 77.3 Å². The van der Waals surface area contributed by atoms with Gasteiger partial charge in [-0.2, -0.15) is 4.31 Å². The van der Waals surface area contributed by atoms with Crippen molar-refractivity contribution in [3.05, 3.63) is 70.8 Å². The van der Waals surface area contributed by atoms with E-state index in [0.29, 0.717) is 36.7 Å². The van der Waals surface area contributed by atoms with Crippen LogP contribution < -0.4 is 4.74 Å². The van der Waals surface area contributed by atoms with Crippen molar-refractivity contribution in [3.8, 4) is 17.1 Å². The van der Waals surface area contributed by atoms with E-state index in [0.717, 1.165) is 22.6 Å². The third-order valence-corrected chi connectivity index (χ3v) is 8.54. The lowest BCUT2D eigenvalue weighted by atomic mass is 10.1. The van der Waals surface area contributed by atoms with E-state index < -0.39 is 10.0 Å². The van der Waals surface area contributed by atoms with Crippen LogP contribution >= 0.6 is 23.2 Å². The lowest BCUT2D eigenvalue weighted by Gasteiger charge is -2.32. The second-order valence-corrected chi connectivity index (χ2v) is 10.9. The maximum Gasteiger partial charge on any atom is 0.243 e. The number of methoxy groups -OCH3 is 1. The number of hydrogen-bond acceptors (Lipinski definition) is 5. The predicted molar refractivity (Wildman–Crippen MR) is 133 cm³/mol. The zero-order valence-corrected chi connectivity index (χ0v) is 20.7. The first-order valence-electron chi connectivity index (χ1n) is 10.8. The molecule has 7 nitrogen and oxygen atoms in total. The van der Waals surface area contributed by atoms with Gasteiger partial charge < -0.3 is 9.30 Å². The zero-order chi connectivity index (χ0) is 23.9. The van der Waals surface area contributed by atoms with Crippen molar-refractivity contribution in [3.63, 3.8) is 0 Å². The van der Waals surface area contributed by atoms with Gasteiger partial charge in [0.2, 0.25) is 10.0 Å². The lowest BCUT2D eigenvalue weighted by Crippen LogP contribution is -2.39. The van der Waals surface area contributed by atoms with Crippen LogP contribution in [0, 0.1) is 0 Å². The molecule has 1 aliphatic heterocycles. The van der Waals surface area contributed by atoms with Crippen molar-refractivity contribution in [2.24, 2.45) is 0 Å². The average molecular weight is 517 g/mol. The number of imidazole rings is 1. The second-order valence-electron chi connectivity index (χ2n) is 8.09. The van der Waals surface area contributed by atoms with Crippen LogP contribution in [0.3, 0.4) is 0 Å². The Morgan fingerprint density at radius 3 is 2.44 bits per heavy atom. The highest BCUT2D eigenvalue weighted by Crippen LogP contribution is 2.35. The Labute approximate surface area is 208 Å². The smallest absolute Gasteiger partial charge is 0.243 e. The minimum absolute atomic E-state index is 0.0523. The van der Waals surface area contributed by atoms with Crippen molar-refractivity contribution in [1.82, 2.24) is 18.8 Å². The summed E-state index contributed by atoms with van der Waals surface area (Å²) in [7, 11) is -2.18. The molecule has 34 heavy (non-hydrogen) atoms. The molecule has 0 atom stereocenters. The molecule has 10 heteroatoms. The molecular weight excluding hydrogens is 495 g/mol. The molecule has 0 unspecified atom stereocenters. The van der Waals surface area contributed by atoms with E-state index in [9.17, 15) is 8.42 Å². The van der Waals surface area contributed by atoms with Gasteiger partial charge >= 0.3 is 0 Å². The molecule has 176 valence electrons. The zero-order valence-electron chi connectivity index (χ0n) is 18.4. The fourth-order valence-corrected chi connectivity index (χ4v) is 6.32. The molecule has 2 aromatic carbocycles. The van der Waals surface area contributed by atoms with Gasteiger partial charge in [0, 0.05) is 35.9 Å². The molecule has 3 heterocycles. The largest absolute Gasteiger partial charge is 0.495 e. The van der Waals surface area contributed by atoms with Gasteiger partial charge in [0.1, 0.15) is 17.1 Å². The summed E-state index contributed by atoms with van der Waals surface area (Å²) in [5, 5.41) is 0.920. The Balaban J connectivity index is 1.44. The van der Waals surface area contributed by atoms with Crippen LogP contribution in [0.2, 0.25) is 10.0 Å². The fourth-order valence-electron chi connectivity index (χ4n) is 4.38. The van der Waals surface area contributed by atoms with Crippen LogP contribution in [0.4, 0.5) is 0 Å². The number of ether oxygens (including phenoxy) is 1. The van der Waals surface area contributed by atoms with Crippen molar-refractivity contribution >= 4 is 44.4 Å². The van der Waals surface area contributed by atoms with E-state index in [1.54, 1.807) is 12.3 Å². The third kappa shape index (κ3) is 4.15. The Morgan fingerprint density at radius 2 is 1.76 bits per heavy atom. The van der Waals surface area contributed by atoms with Crippen molar-refractivity contribution < 1.29 is 13.2 Å². The Morgan fingerprint density at radius 1 is 1.03 bits per heavy atom. The number of pyridine rings is 1. The molecule has 4 aromatic rings. The first-order chi connectivity index (χ1) is 16.4. The van der Waals surface area contributed by atoms with Gasteiger partial charge in [0.15, 0.2) is 5.65 Å². The first kappa shape index (κ1) is 23.1. The van der Waals surface area contributed by atoms with Gasteiger partial charge in [0.05, 0.1) is 17.0 Å². The van der Waals surface area contributed by atoms with Crippen molar-refractivity contribution in [1.29, 1.82) is 0 Å². The van der Waals surface area contributed by atoms with Crippen LogP contribution in [0.1, 0.15) is 18.9 Å². The maximum atomic E-state index is 13.2. The summed E-state index contributed by atoms with van der Waals surface area (Å²) >= 11 is 12.3. The molecule has 0 amide bonds. The van der Waals surface area contributed by atoms with E-state index in [2.05, 4.69) is 9.55 Å². The predicted octanol–water partition coefficient (Wildman–Crippen LogP) is 5.44. The number of rotatable bonds is 5. The molecular formula is C24H22Cl2N4O3S. The van der Waals surface area contributed by atoms with Crippen molar-refractivity contribution in [2.75, 3.05) is 20.2 Å². The summed E-state index contributed by atoms with van der Waals surface area (Å²) in [6.07, 6.45) is 3.01. The maximum absolute atomic E-state index is 13.2. The van der Waals surface area contributed by atoms with E-state index in [1.807, 2.05) is 36.4 Å². The number of fused-ring (bicyclic) bond motifs is 1. The minimum atomic E-state index is -3.67. The average Bonchev–Trinajstić information content (AvgIpc) is 3.24. The number of sulfonamides is 1. The van der Waals surface area contributed by atoms with E-state index in [4.69, 9.17) is 32.9 Å². The molecule has 0 aliphatic carbocycles. The molecule has 0 bridgehead atoms. The lowest BCUT2D eigenvalue weighted by molar-refractivity contribution is 0.278. The Bertz CT molecular complexity index is 1450. The Kier molecular flexibility index (Phi) is 6.24. The van der Waals surface area contributed by atoms with E-state index in [1.165, 1.54) is 23.5 Å². The number of piperidine rings is 1. The highest BCUT2D eigenvalue weighted by molar-refractivity contribution is 7.89. The van der Waals surface area contributed by atoms with Gasteiger partial charge in [-0.1, -0.05) is 23.2 Å². The third-order valence-electron chi connectivity index (χ3n) is 6.10. The van der Waals surface area contributed by atoms with Gasteiger partial charge in [-0.15, -0.1) is 0 Å². The number of hydrogen-bond donors (Lipinski definition) is 0. The second kappa shape index (κ2) is 9.19. The molecule has 1 fully saturated rings. The Hall–Kier alpha value is -2.65. The number of benzene rings is 2. The quantitative estimate of drug-likeness (QED) is 0.353. The highest BCUT2D eigenvalue weighted by atomic mass is 35.5. The van der Waals surface area contributed by atoms with Gasteiger partial charge in [-0.25, -0.2) is 18.4 Å². The summed E-state index contributed by atoms with van der Waals surface area (Å²) in [6.45, 7) is 0.756. The summed E-state index contributed by atoms with van der Waals surface area (Å²) < 4.78 is 35.3. The van der Waals surface area contributed by atoms with Crippen LogP contribution in [0.15, 0.2) is 65.7 Å². The SMILES string of the molecule is COc1ccc(S(=O)(=O)N2CCC(n3c(-c4ccc(Cl)cc4)nc4cccnc43)CC2)cc1Cl. The molecule has 2 aromatic heterocycles. The van der Waals surface area contributed by atoms with Gasteiger partial charge in [-0.3, -0.25) is 0 Å². The summed E-state index contributed by atoms with van der Waals surface area (Å²) in [6, 6.07) is 15.9. The molecule has 1 saturated heterocycles. The summed E-state index contributed by atoms with van der Waals surface area (Å²) in [5.41, 5.74) is 2.52. The molecule has 0 spiro atoms. The van der Waals surface area contributed by atoms with Crippen LogP contribution in [0.25, 0.3) is 22.6 Å². The first-order valence-corrected chi connectivity index (χ1v) is 13.0. The fraction of sp³-hybridized carbons (Fsp3) is 0.250. The number of aromatic nitrogens is 3.